The minimum Gasteiger partial charge on any atom is -0.488 e. The highest BCUT2D eigenvalue weighted by atomic mass is 35.5. The highest BCUT2D eigenvalue weighted by molar-refractivity contribution is 8.18. The Morgan fingerprint density at radius 1 is 1.13 bits per heavy atom. The summed E-state index contributed by atoms with van der Waals surface area (Å²) in [6.45, 7) is 3.98. The number of ether oxygens (including phenoxy) is 2. The number of hydrogen-bond donors (Lipinski definition) is 0. The van der Waals surface area contributed by atoms with E-state index in [0.717, 1.165) is 22.2 Å². The maximum Gasteiger partial charge on any atom is 0.326 e. The van der Waals surface area contributed by atoms with Crippen LogP contribution in [0.15, 0.2) is 53.4 Å². The van der Waals surface area contributed by atoms with Crippen LogP contribution in [0.25, 0.3) is 6.08 Å². The van der Waals surface area contributed by atoms with Crippen LogP contribution in [0.1, 0.15) is 25.0 Å². The van der Waals surface area contributed by atoms with Crippen molar-refractivity contribution in [1.29, 1.82) is 0 Å². The number of imide groups is 1. The standard InChI is InChI=1S/C23H22ClNO5S/c1-15(2)13-30-21(26)12-25-22(27)20(31-23(25)28)11-17-5-3-4-6-19(17)29-14-16-7-9-18(24)10-8-16/h3-11,15H,12-14H2,1-2H3/b20-11+. The molecule has 2 aromatic carbocycles. The molecule has 0 aliphatic carbocycles. The summed E-state index contributed by atoms with van der Waals surface area (Å²) in [5.41, 5.74) is 1.60. The first kappa shape index (κ1) is 22.9. The Labute approximate surface area is 190 Å². The molecule has 1 heterocycles. The highest BCUT2D eigenvalue weighted by Gasteiger charge is 2.36. The lowest BCUT2D eigenvalue weighted by Gasteiger charge is -2.13. The molecule has 1 fully saturated rings. The van der Waals surface area contributed by atoms with E-state index in [0.29, 0.717) is 22.9 Å². The second-order valence-electron chi connectivity index (χ2n) is 7.30. The molecule has 8 heteroatoms. The Bertz CT molecular complexity index is 1000. The topological polar surface area (TPSA) is 72.9 Å². The van der Waals surface area contributed by atoms with Crippen molar-refractivity contribution >= 4 is 46.6 Å². The summed E-state index contributed by atoms with van der Waals surface area (Å²) in [5.74, 6) is -0.392. The fourth-order valence-electron chi connectivity index (χ4n) is 2.68. The Morgan fingerprint density at radius 3 is 2.55 bits per heavy atom. The van der Waals surface area contributed by atoms with Gasteiger partial charge >= 0.3 is 5.97 Å². The molecule has 1 aliphatic rings. The minimum atomic E-state index is -0.607. The first-order valence-electron chi connectivity index (χ1n) is 9.70. The molecule has 0 N–H and O–H groups in total. The summed E-state index contributed by atoms with van der Waals surface area (Å²) in [7, 11) is 0. The molecule has 1 saturated heterocycles. The summed E-state index contributed by atoms with van der Waals surface area (Å²) in [6.07, 6.45) is 1.60. The zero-order valence-electron chi connectivity index (χ0n) is 17.2. The number of halogens is 1. The molecule has 162 valence electrons. The van der Waals surface area contributed by atoms with Crippen LogP contribution < -0.4 is 4.74 Å². The molecule has 1 aliphatic heterocycles. The largest absolute Gasteiger partial charge is 0.488 e. The van der Waals surface area contributed by atoms with Crippen molar-refractivity contribution in [2.75, 3.05) is 13.2 Å². The third kappa shape index (κ3) is 6.35. The smallest absolute Gasteiger partial charge is 0.326 e. The van der Waals surface area contributed by atoms with Crippen molar-refractivity contribution in [3.05, 3.63) is 69.6 Å². The summed E-state index contributed by atoms with van der Waals surface area (Å²) in [4.78, 5) is 38.0. The number of hydrogen-bond acceptors (Lipinski definition) is 6. The average molecular weight is 460 g/mol. The molecule has 3 rings (SSSR count). The first-order chi connectivity index (χ1) is 14.8. The van der Waals surface area contributed by atoms with E-state index in [9.17, 15) is 14.4 Å². The number of nitrogens with zero attached hydrogens (tertiary/aromatic N) is 1. The lowest BCUT2D eigenvalue weighted by atomic mass is 10.1. The van der Waals surface area contributed by atoms with Crippen LogP contribution in [0.5, 0.6) is 5.75 Å². The average Bonchev–Trinajstić information content (AvgIpc) is 3.00. The van der Waals surface area contributed by atoms with Crippen LogP contribution >= 0.6 is 23.4 Å². The molecule has 0 bridgehead atoms. The third-order valence-electron chi connectivity index (χ3n) is 4.25. The zero-order chi connectivity index (χ0) is 22.4. The molecule has 0 radical (unpaired) electrons. The van der Waals surface area contributed by atoms with Gasteiger partial charge in [-0.05, 0) is 47.5 Å². The molecule has 0 aromatic heterocycles. The van der Waals surface area contributed by atoms with Gasteiger partial charge in [0.15, 0.2) is 0 Å². The van der Waals surface area contributed by atoms with Crippen molar-refractivity contribution in [2.45, 2.75) is 20.5 Å². The van der Waals surface area contributed by atoms with Crippen LogP contribution in [-0.2, 0) is 20.9 Å². The Hall–Kier alpha value is -2.77. The Morgan fingerprint density at radius 2 is 1.84 bits per heavy atom. The van der Waals surface area contributed by atoms with Crippen LogP contribution in [0.3, 0.4) is 0 Å². The summed E-state index contributed by atoms with van der Waals surface area (Å²) in [5, 5.41) is 0.144. The molecule has 2 aromatic rings. The molecule has 0 saturated carbocycles. The van der Waals surface area contributed by atoms with E-state index in [-0.39, 0.29) is 17.4 Å². The summed E-state index contributed by atoms with van der Waals surface area (Å²) >= 11 is 6.69. The van der Waals surface area contributed by atoms with Gasteiger partial charge in [0.25, 0.3) is 11.1 Å². The Balaban J connectivity index is 1.70. The van der Waals surface area contributed by atoms with Crippen molar-refractivity contribution < 1.29 is 23.9 Å². The number of thioether (sulfide) groups is 1. The van der Waals surface area contributed by atoms with E-state index >= 15 is 0 Å². The maximum absolute atomic E-state index is 12.7. The second-order valence-corrected chi connectivity index (χ2v) is 8.73. The molecule has 31 heavy (non-hydrogen) atoms. The molecule has 2 amide bonds. The van der Waals surface area contributed by atoms with Gasteiger partial charge in [-0.15, -0.1) is 0 Å². The van der Waals surface area contributed by atoms with Crippen molar-refractivity contribution in [3.63, 3.8) is 0 Å². The second kappa shape index (κ2) is 10.5. The van der Waals surface area contributed by atoms with Gasteiger partial charge in [-0.2, -0.15) is 0 Å². The molecule has 0 spiro atoms. The highest BCUT2D eigenvalue weighted by Crippen LogP contribution is 2.34. The van der Waals surface area contributed by atoms with Gasteiger partial charge in [-0.1, -0.05) is 55.8 Å². The van der Waals surface area contributed by atoms with Gasteiger partial charge in [-0.25, -0.2) is 0 Å². The van der Waals surface area contributed by atoms with Crippen molar-refractivity contribution in [1.82, 2.24) is 4.90 Å². The number of para-hydroxylation sites is 1. The predicted molar refractivity (Wildman–Crippen MR) is 121 cm³/mol. The van der Waals surface area contributed by atoms with Crippen LogP contribution in [0.2, 0.25) is 5.02 Å². The van der Waals surface area contributed by atoms with Crippen LogP contribution in [0, 0.1) is 5.92 Å². The number of esters is 1. The number of benzene rings is 2. The fraction of sp³-hybridized carbons (Fsp3) is 0.261. The van der Waals surface area contributed by atoms with E-state index in [4.69, 9.17) is 21.1 Å². The van der Waals surface area contributed by atoms with E-state index in [1.165, 1.54) is 0 Å². The molecule has 0 unspecified atom stereocenters. The van der Waals surface area contributed by atoms with E-state index in [1.807, 2.05) is 38.1 Å². The lowest BCUT2D eigenvalue weighted by Crippen LogP contribution is -2.34. The minimum absolute atomic E-state index is 0.170. The van der Waals surface area contributed by atoms with E-state index < -0.39 is 23.7 Å². The quantitative estimate of drug-likeness (QED) is 0.401. The first-order valence-corrected chi connectivity index (χ1v) is 10.9. The maximum atomic E-state index is 12.7. The third-order valence-corrected chi connectivity index (χ3v) is 5.41. The van der Waals surface area contributed by atoms with Gasteiger partial charge in [0.05, 0.1) is 11.5 Å². The summed E-state index contributed by atoms with van der Waals surface area (Å²) < 4.78 is 11.0. The number of amides is 2. The SMILES string of the molecule is CC(C)COC(=O)CN1C(=O)S/C(=C/c2ccccc2OCc2ccc(Cl)cc2)C1=O. The van der Waals surface area contributed by atoms with Crippen molar-refractivity contribution in [3.8, 4) is 5.75 Å². The van der Waals surface area contributed by atoms with Gasteiger partial charge < -0.3 is 9.47 Å². The van der Waals surface area contributed by atoms with Gasteiger partial charge in [0, 0.05) is 10.6 Å². The lowest BCUT2D eigenvalue weighted by molar-refractivity contribution is -0.147. The molecular weight excluding hydrogens is 438 g/mol. The van der Waals surface area contributed by atoms with Gasteiger partial charge in [0.2, 0.25) is 0 Å². The van der Waals surface area contributed by atoms with Crippen LogP contribution in [-0.4, -0.2) is 35.2 Å². The molecule has 0 atom stereocenters. The number of rotatable bonds is 8. The molecular formula is C23H22ClNO5S. The van der Waals surface area contributed by atoms with E-state index in [2.05, 4.69) is 0 Å². The Kier molecular flexibility index (Phi) is 7.76. The fourth-order valence-corrected chi connectivity index (χ4v) is 3.64. The van der Waals surface area contributed by atoms with Crippen LogP contribution in [0.4, 0.5) is 4.79 Å². The van der Waals surface area contributed by atoms with Gasteiger partial charge in [0.1, 0.15) is 18.9 Å². The van der Waals surface area contributed by atoms with E-state index in [1.54, 1.807) is 30.3 Å². The number of carbonyl (C=O) groups is 3. The predicted octanol–water partition coefficient (Wildman–Crippen LogP) is 5.15. The normalized spacial score (nSPS) is 15.1. The zero-order valence-corrected chi connectivity index (χ0v) is 18.7. The molecule has 6 nitrogen and oxygen atoms in total. The monoisotopic (exact) mass is 459 g/mol. The van der Waals surface area contributed by atoms with Gasteiger partial charge in [-0.3, -0.25) is 19.3 Å². The van der Waals surface area contributed by atoms with Crippen molar-refractivity contribution in [2.24, 2.45) is 5.92 Å². The number of carbonyl (C=O) groups excluding carboxylic acids is 3. The summed E-state index contributed by atoms with van der Waals surface area (Å²) in [6, 6.07) is 14.5.